The second-order valence-electron chi connectivity index (χ2n) is 6.11. The van der Waals surface area contributed by atoms with Gasteiger partial charge < -0.3 is 15.0 Å². The van der Waals surface area contributed by atoms with Crippen LogP contribution in [-0.2, 0) is 6.54 Å². The monoisotopic (exact) mass is 350 g/mol. The van der Waals surface area contributed by atoms with E-state index in [1.807, 2.05) is 35.0 Å². The molecule has 3 rings (SSSR count). The van der Waals surface area contributed by atoms with Crippen molar-refractivity contribution in [3.63, 3.8) is 0 Å². The zero-order chi connectivity index (χ0) is 18.4. The second-order valence-corrected chi connectivity index (χ2v) is 6.11. The van der Waals surface area contributed by atoms with Crippen LogP contribution in [0, 0.1) is 0 Å². The molecule has 0 aliphatic rings. The number of nitrogens with one attached hydrogen (secondary N) is 1. The highest BCUT2D eigenvalue weighted by atomic mass is 16.3. The lowest BCUT2D eigenvalue weighted by Crippen LogP contribution is -2.25. The Morgan fingerprint density at radius 3 is 2.73 bits per heavy atom. The number of carbonyl (C=O) groups is 1. The second kappa shape index (κ2) is 8.40. The Balaban J connectivity index is 1.56. The molecule has 0 saturated heterocycles. The summed E-state index contributed by atoms with van der Waals surface area (Å²) in [6.07, 6.45) is 5.65. The number of imidazole rings is 1. The van der Waals surface area contributed by atoms with Crippen LogP contribution in [0.25, 0.3) is 11.3 Å². The first-order valence-corrected chi connectivity index (χ1v) is 8.63. The lowest BCUT2D eigenvalue weighted by atomic mass is 10.1. The summed E-state index contributed by atoms with van der Waals surface area (Å²) in [6.45, 7) is 3.12. The summed E-state index contributed by atoms with van der Waals surface area (Å²) in [5.74, 6) is -0.0899. The van der Waals surface area contributed by atoms with Gasteiger partial charge in [-0.3, -0.25) is 9.78 Å². The van der Waals surface area contributed by atoms with E-state index in [0.29, 0.717) is 17.8 Å². The van der Waals surface area contributed by atoms with E-state index in [-0.39, 0.29) is 5.91 Å². The molecule has 0 bridgehead atoms. The van der Waals surface area contributed by atoms with E-state index in [0.717, 1.165) is 24.2 Å². The first kappa shape index (κ1) is 17.8. The van der Waals surface area contributed by atoms with Crippen molar-refractivity contribution in [3.05, 3.63) is 72.4 Å². The van der Waals surface area contributed by atoms with Gasteiger partial charge in [0.1, 0.15) is 0 Å². The molecule has 2 heterocycles. The molecule has 0 radical (unpaired) electrons. The van der Waals surface area contributed by atoms with Crippen LogP contribution >= 0.6 is 0 Å². The number of amides is 1. The highest BCUT2D eigenvalue weighted by Crippen LogP contribution is 2.20. The molecular weight excluding hydrogens is 328 g/mol. The van der Waals surface area contributed by atoms with Gasteiger partial charge in [0.2, 0.25) is 0 Å². The molecule has 134 valence electrons. The summed E-state index contributed by atoms with van der Waals surface area (Å²) >= 11 is 0. The Morgan fingerprint density at radius 1 is 1.23 bits per heavy atom. The quantitative estimate of drug-likeness (QED) is 0.642. The van der Waals surface area contributed by atoms with Gasteiger partial charge in [0, 0.05) is 36.6 Å². The Morgan fingerprint density at radius 2 is 2.04 bits per heavy atom. The Labute approximate surface area is 152 Å². The Kier molecular flexibility index (Phi) is 5.76. The van der Waals surface area contributed by atoms with Crippen molar-refractivity contribution in [1.82, 2.24) is 19.9 Å². The average molecular weight is 350 g/mol. The molecule has 0 spiro atoms. The summed E-state index contributed by atoms with van der Waals surface area (Å²) in [7, 11) is 0. The molecule has 0 aliphatic carbocycles. The normalized spacial score (nSPS) is 11.9. The number of aliphatic hydroxyl groups is 1. The van der Waals surface area contributed by atoms with E-state index < -0.39 is 6.10 Å². The van der Waals surface area contributed by atoms with Gasteiger partial charge in [0.25, 0.3) is 5.91 Å². The number of hydrogen-bond acceptors (Lipinski definition) is 4. The van der Waals surface area contributed by atoms with Crippen LogP contribution in [0.15, 0.2) is 61.2 Å². The number of rotatable bonds is 7. The van der Waals surface area contributed by atoms with Gasteiger partial charge >= 0.3 is 0 Å². The van der Waals surface area contributed by atoms with Crippen LogP contribution in [0.2, 0.25) is 0 Å². The van der Waals surface area contributed by atoms with Crippen molar-refractivity contribution in [2.45, 2.75) is 26.0 Å². The lowest BCUT2D eigenvalue weighted by Gasteiger charge is -2.08. The molecule has 2 aromatic heterocycles. The molecule has 0 unspecified atom stereocenters. The number of pyridine rings is 1. The van der Waals surface area contributed by atoms with Gasteiger partial charge in [-0.2, -0.15) is 0 Å². The van der Waals surface area contributed by atoms with Gasteiger partial charge in [-0.05, 0) is 37.6 Å². The number of aromatic nitrogens is 3. The minimum absolute atomic E-state index is 0.0899. The summed E-state index contributed by atoms with van der Waals surface area (Å²) in [5.41, 5.74) is 2.92. The molecule has 2 N–H and O–H groups in total. The number of carbonyl (C=O) groups excluding carboxylic acids is 1. The first-order chi connectivity index (χ1) is 12.6. The van der Waals surface area contributed by atoms with Gasteiger partial charge in [0.15, 0.2) is 0 Å². The van der Waals surface area contributed by atoms with Crippen LogP contribution < -0.4 is 5.32 Å². The predicted molar refractivity (Wildman–Crippen MR) is 99.5 cm³/mol. The number of hydrogen-bond donors (Lipinski definition) is 2. The van der Waals surface area contributed by atoms with Gasteiger partial charge in [0.05, 0.1) is 23.8 Å². The van der Waals surface area contributed by atoms with E-state index in [1.54, 1.807) is 37.6 Å². The zero-order valence-electron chi connectivity index (χ0n) is 14.7. The Bertz CT molecular complexity index is 843. The van der Waals surface area contributed by atoms with E-state index in [1.165, 1.54) is 0 Å². The van der Waals surface area contributed by atoms with Crippen molar-refractivity contribution >= 4 is 5.91 Å². The summed E-state index contributed by atoms with van der Waals surface area (Å²) in [4.78, 5) is 20.7. The highest BCUT2D eigenvalue weighted by molar-refractivity contribution is 5.94. The molecule has 1 atom stereocenters. The van der Waals surface area contributed by atoms with E-state index in [4.69, 9.17) is 0 Å². The molecule has 1 amide bonds. The molecule has 6 nitrogen and oxygen atoms in total. The maximum atomic E-state index is 12.2. The smallest absolute Gasteiger partial charge is 0.251 e. The summed E-state index contributed by atoms with van der Waals surface area (Å²) < 4.78 is 1.98. The molecule has 6 heteroatoms. The lowest BCUT2D eigenvalue weighted by molar-refractivity contribution is 0.0952. The largest absolute Gasteiger partial charge is 0.387 e. The van der Waals surface area contributed by atoms with Gasteiger partial charge in [-0.25, -0.2) is 4.98 Å². The number of benzene rings is 1. The third-order valence-electron chi connectivity index (χ3n) is 4.08. The zero-order valence-corrected chi connectivity index (χ0v) is 14.7. The number of aryl methyl sites for hydroxylation is 1. The van der Waals surface area contributed by atoms with Crippen molar-refractivity contribution < 1.29 is 9.90 Å². The SMILES string of the molecule is C[C@H](O)c1cccc(-c2ccc(C(=O)NCCCn3ccnc3)cc2)n1. The maximum absolute atomic E-state index is 12.2. The fraction of sp³-hybridized carbons (Fsp3) is 0.250. The van der Waals surface area contributed by atoms with Crippen LogP contribution in [0.3, 0.4) is 0 Å². The molecule has 0 aliphatic heterocycles. The molecule has 0 saturated carbocycles. The fourth-order valence-corrected chi connectivity index (χ4v) is 2.62. The molecule has 3 aromatic rings. The van der Waals surface area contributed by atoms with Crippen LogP contribution in [-0.4, -0.2) is 32.1 Å². The van der Waals surface area contributed by atoms with E-state index >= 15 is 0 Å². The van der Waals surface area contributed by atoms with Crippen molar-refractivity contribution in [1.29, 1.82) is 0 Å². The Hall–Kier alpha value is -2.99. The number of nitrogens with zero attached hydrogens (tertiary/aromatic N) is 3. The summed E-state index contributed by atoms with van der Waals surface area (Å²) in [5, 5.41) is 12.6. The van der Waals surface area contributed by atoms with Crippen molar-refractivity contribution in [2.75, 3.05) is 6.54 Å². The van der Waals surface area contributed by atoms with E-state index in [2.05, 4.69) is 15.3 Å². The van der Waals surface area contributed by atoms with Crippen molar-refractivity contribution in [2.24, 2.45) is 0 Å². The average Bonchev–Trinajstić information content (AvgIpc) is 3.19. The first-order valence-electron chi connectivity index (χ1n) is 8.63. The molecule has 26 heavy (non-hydrogen) atoms. The molecule has 0 fully saturated rings. The van der Waals surface area contributed by atoms with Crippen LogP contribution in [0.5, 0.6) is 0 Å². The standard InChI is InChI=1S/C20H22N4O2/c1-15(25)18-4-2-5-19(23-18)16-6-8-17(9-7-16)20(26)22-10-3-12-24-13-11-21-14-24/h2,4-9,11,13-15,25H,3,10,12H2,1H3,(H,22,26)/t15-/m0/s1. The predicted octanol–water partition coefficient (Wildman–Crippen LogP) is 2.82. The minimum atomic E-state index is -0.609. The molecular formula is C20H22N4O2. The fourth-order valence-electron chi connectivity index (χ4n) is 2.62. The van der Waals surface area contributed by atoms with Crippen molar-refractivity contribution in [3.8, 4) is 11.3 Å². The third kappa shape index (κ3) is 4.55. The third-order valence-corrected chi connectivity index (χ3v) is 4.08. The van der Waals surface area contributed by atoms with Gasteiger partial charge in [-0.15, -0.1) is 0 Å². The van der Waals surface area contributed by atoms with E-state index in [9.17, 15) is 9.90 Å². The summed E-state index contributed by atoms with van der Waals surface area (Å²) in [6, 6.07) is 12.9. The minimum Gasteiger partial charge on any atom is -0.387 e. The number of aliphatic hydroxyl groups excluding tert-OH is 1. The van der Waals surface area contributed by atoms with Gasteiger partial charge in [-0.1, -0.05) is 18.2 Å². The van der Waals surface area contributed by atoms with Crippen LogP contribution in [0.4, 0.5) is 0 Å². The van der Waals surface area contributed by atoms with Crippen LogP contribution in [0.1, 0.15) is 35.5 Å². The maximum Gasteiger partial charge on any atom is 0.251 e. The topological polar surface area (TPSA) is 80.0 Å². The highest BCUT2D eigenvalue weighted by Gasteiger charge is 2.08. The molecule has 1 aromatic carbocycles.